The van der Waals surface area contributed by atoms with Crippen molar-refractivity contribution in [3.63, 3.8) is 0 Å². The Hall–Kier alpha value is -3.13. The maximum atomic E-state index is 13.0. The van der Waals surface area contributed by atoms with Crippen molar-refractivity contribution < 1.29 is 23.1 Å². The first-order chi connectivity index (χ1) is 14.9. The predicted molar refractivity (Wildman–Crippen MR) is 112 cm³/mol. The number of rotatable bonds is 5. The highest BCUT2D eigenvalue weighted by molar-refractivity contribution is 6.07. The van der Waals surface area contributed by atoms with Crippen LogP contribution in [0.5, 0.6) is 0 Å². The van der Waals surface area contributed by atoms with Gasteiger partial charge < -0.3 is 15.3 Å². The summed E-state index contributed by atoms with van der Waals surface area (Å²) in [7, 11) is 0. The van der Waals surface area contributed by atoms with Crippen LogP contribution in [0.4, 0.5) is 19.0 Å². The van der Waals surface area contributed by atoms with Gasteiger partial charge in [-0.2, -0.15) is 13.2 Å². The van der Waals surface area contributed by atoms with Crippen molar-refractivity contribution in [3.05, 3.63) is 71.3 Å². The molecular weight excluding hydrogens is 407 g/mol. The van der Waals surface area contributed by atoms with E-state index in [2.05, 4.69) is 10.3 Å². The van der Waals surface area contributed by atoms with Crippen molar-refractivity contribution in [3.8, 4) is 0 Å². The summed E-state index contributed by atoms with van der Waals surface area (Å²) in [5.41, 5.74) is 0.658. The summed E-state index contributed by atoms with van der Waals surface area (Å²) >= 11 is 0. The average molecular weight is 429 g/mol. The van der Waals surface area contributed by atoms with Crippen LogP contribution < -0.4 is 10.2 Å². The van der Waals surface area contributed by atoms with E-state index >= 15 is 0 Å². The highest BCUT2D eigenvalue weighted by Crippen LogP contribution is 2.30. The molecule has 2 heterocycles. The number of halogens is 3. The number of hydrogen-bond donors (Lipinski definition) is 2. The molecule has 1 aliphatic heterocycles. The van der Waals surface area contributed by atoms with E-state index in [1.807, 2.05) is 17.0 Å². The molecular formula is C23H22F3N3O2. The molecule has 2 aromatic carbocycles. The first kappa shape index (κ1) is 21.1. The fourth-order valence-corrected chi connectivity index (χ4v) is 3.96. The van der Waals surface area contributed by atoms with Crippen molar-refractivity contribution in [2.24, 2.45) is 0 Å². The minimum atomic E-state index is -4.44. The van der Waals surface area contributed by atoms with Crippen molar-refractivity contribution in [1.82, 2.24) is 10.3 Å². The normalized spacial score (nSPS) is 16.6. The number of benzene rings is 2. The van der Waals surface area contributed by atoms with Gasteiger partial charge in [-0.3, -0.25) is 4.79 Å². The number of aromatic nitrogens is 1. The van der Waals surface area contributed by atoms with Crippen LogP contribution in [0, 0.1) is 0 Å². The molecule has 1 aromatic heterocycles. The van der Waals surface area contributed by atoms with Crippen LogP contribution in [0.25, 0.3) is 10.9 Å². The fraction of sp³-hybridized carbons (Fsp3) is 0.304. The largest absolute Gasteiger partial charge is 0.416 e. The van der Waals surface area contributed by atoms with E-state index in [1.54, 1.807) is 24.3 Å². The monoisotopic (exact) mass is 429 g/mol. The number of carbonyl (C=O) groups excluding carboxylic acids is 1. The highest BCUT2D eigenvalue weighted by Gasteiger charge is 2.30. The number of alkyl halides is 3. The minimum Gasteiger partial charge on any atom is -0.394 e. The Labute approximate surface area is 177 Å². The minimum absolute atomic E-state index is 0.00554. The zero-order chi connectivity index (χ0) is 22.0. The van der Waals surface area contributed by atoms with Crippen molar-refractivity contribution in [2.45, 2.75) is 31.6 Å². The van der Waals surface area contributed by atoms with Crippen LogP contribution in [0.1, 0.15) is 34.3 Å². The summed E-state index contributed by atoms with van der Waals surface area (Å²) in [6.45, 7) is 0.713. The number of pyridine rings is 1. The Morgan fingerprint density at radius 3 is 2.74 bits per heavy atom. The Balaban J connectivity index is 1.62. The van der Waals surface area contributed by atoms with Gasteiger partial charge in [0.2, 0.25) is 0 Å². The van der Waals surface area contributed by atoms with Crippen LogP contribution >= 0.6 is 0 Å². The summed E-state index contributed by atoms with van der Waals surface area (Å²) in [5.74, 6) is 0.219. The molecule has 5 nitrogen and oxygen atoms in total. The van der Waals surface area contributed by atoms with Crippen molar-refractivity contribution in [1.29, 1.82) is 0 Å². The lowest BCUT2D eigenvalue weighted by atomic mass is 10.1. The molecule has 0 spiro atoms. The second-order valence-corrected chi connectivity index (χ2v) is 7.60. The van der Waals surface area contributed by atoms with Gasteiger partial charge >= 0.3 is 6.18 Å². The third-order valence-electron chi connectivity index (χ3n) is 5.54. The molecule has 0 bridgehead atoms. The van der Waals surface area contributed by atoms with Crippen molar-refractivity contribution >= 4 is 22.6 Å². The predicted octanol–water partition coefficient (Wildman–Crippen LogP) is 4.14. The smallest absolute Gasteiger partial charge is 0.394 e. The number of hydrogen-bond acceptors (Lipinski definition) is 4. The molecule has 0 aliphatic carbocycles. The number of amides is 1. The summed E-state index contributed by atoms with van der Waals surface area (Å²) in [6.07, 6.45) is -2.66. The number of aliphatic hydroxyl groups is 1. The average Bonchev–Trinajstić information content (AvgIpc) is 3.25. The third-order valence-corrected chi connectivity index (χ3v) is 5.54. The molecule has 0 radical (unpaired) electrons. The van der Waals surface area contributed by atoms with E-state index < -0.39 is 17.6 Å². The first-order valence-corrected chi connectivity index (χ1v) is 10.1. The van der Waals surface area contributed by atoms with E-state index in [4.69, 9.17) is 0 Å². The maximum Gasteiger partial charge on any atom is 0.416 e. The molecule has 31 heavy (non-hydrogen) atoms. The number of aliphatic hydroxyl groups excluding tert-OH is 1. The van der Waals surface area contributed by atoms with Gasteiger partial charge in [0.25, 0.3) is 5.91 Å². The Kier molecular flexibility index (Phi) is 5.82. The third kappa shape index (κ3) is 4.49. The van der Waals surface area contributed by atoms with Gasteiger partial charge in [-0.1, -0.05) is 30.3 Å². The van der Waals surface area contributed by atoms with Gasteiger partial charge in [-0.25, -0.2) is 4.98 Å². The van der Waals surface area contributed by atoms with E-state index in [9.17, 15) is 23.1 Å². The molecule has 1 fully saturated rings. The van der Waals surface area contributed by atoms with Gasteiger partial charge in [-0.15, -0.1) is 0 Å². The summed E-state index contributed by atoms with van der Waals surface area (Å²) in [4.78, 5) is 19.7. The van der Waals surface area contributed by atoms with Crippen LogP contribution in [-0.4, -0.2) is 35.2 Å². The van der Waals surface area contributed by atoms with E-state index in [0.717, 1.165) is 31.5 Å². The van der Waals surface area contributed by atoms with Gasteiger partial charge in [0.1, 0.15) is 5.82 Å². The van der Waals surface area contributed by atoms with Crippen LogP contribution in [0.3, 0.4) is 0 Å². The molecule has 0 saturated carbocycles. The number of nitrogens with one attached hydrogen (secondary N) is 1. The molecule has 1 saturated heterocycles. The Morgan fingerprint density at radius 1 is 1.16 bits per heavy atom. The fourth-order valence-electron chi connectivity index (χ4n) is 3.96. The highest BCUT2D eigenvalue weighted by atomic mass is 19.4. The summed E-state index contributed by atoms with van der Waals surface area (Å²) in [6, 6.07) is 13.8. The van der Waals surface area contributed by atoms with Crippen LogP contribution in [0.15, 0.2) is 54.6 Å². The van der Waals surface area contributed by atoms with Gasteiger partial charge in [0.15, 0.2) is 0 Å². The lowest BCUT2D eigenvalue weighted by molar-refractivity contribution is -0.137. The second kappa shape index (κ2) is 8.55. The molecule has 1 atom stereocenters. The topological polar surface area (TPSA) is 65.5 Å². The maximum absolute atomic E-state index is 13.0. The number of fused-ring (bicyclic) bond motifs is 1. The summed E-state index contributed by atoms with van der Waals surface area (Å²) < 4.78 is 38.8. The Morgan fingerprint density at radius 2 is 1.97 bits per heavy atom. The number of para-hydroxylation sites is 1. The van der Waals surface area contributed by atoms with Gasteiger partial charge in [0.05, 0.1) is 29.3 Å². The zero-order valence-corrected chi connectivity index (χ0v) is 16.7. The first-order valence-electron chi connectivity index (χ1n) is 10.1. The number of nitrogens with zero attached hydrogens (tertiary/aromatic N) is 2. The molecule has 1 unspecified atom stereocenters. The molecule has 162 valence electrons. The quantitative estimate of drug-likeness (QED) is 0.640. The second-order valence-electron chi connectivity index (χ2n) is 7.60. The number of carbonyl (C=O) groups is 1. The molecule has 4 rings (SSSR count). The lowest BCUT2D eigenvalue weighted by Gasteiger charge is -2.25. The zero-order valence-electron chi connectivity index (χ0n) is 16.7. The standard InChI is InChI=1S/C23H22F3N3O2/c24-23(25,26)16-6-3-5-15(11-16)13-27-22(31)19-12-21(29-10-4-7-17(29)14-30)28-20-9-2-1-8-18(19)20/h1-3,5-6,8-9,11-12,17,30H,4,7,10,13-14H2,(H,27,31). The van der Waals surface area contributed by atoms with Crippen LogP contribution in [-0.2, 0) is 12.7 Å². The van der Waals surface area contributed by atoms with E-state index in [1.165, 1.54) is 6.07 Å². The molecule has 2 N–H and O–H groups in total. The van der Waals surface area contributed by atoms with E-state index in [-0.39, 0.29) is 19.2 Å². The molecule has 1 aliphatic rings. The SMILES string of the molecule is O=C(NCc1cccc(C(F)(F)F)c1)c1cc(N2CCCC2CO)nc2ccccc12. The van der Waals surface area contributed by atoms with Gasteiger partial charge in [-0.05, 0) is 42.7 Å². The molecule has 1 amide bonds. The molecule has 3 aromatic rings. The van der Waals surface area contributed by atoms with Crippen molar-refractivity contribution in [2.75, 3.05) is 18.1 Å². The Bertz CT molecular complexity index is 1100. The van der Waals surface area contributed by atoms with Crippen LogP contribution in [0.2, 0.25) is 0 Å². The summed E-state index contributed by atoms with van der Waals surface area (Å²) in [5, 5.41) is 13.0. The van der Waals surface area contributed by atoms with E-state index in [0.29, 0.717) is 27.8 Å². The number of anilines is 1. The van der Waals surface area contributed by atoms with Gasteiger partial charge in [0, 0.05) is 18.5 Å². The molecule has 8 heteroatoms. The lowest BCUT2D eigenvalue weighted by Crippen LogP contribution is -2.33.